The van der Waals surface area contributed by atoms with E-state index in [0.717, 1.165) is 11.8 Å². The largest absolute Gasteiger partial charge is 0.0654 e. The van der Waals surface area contributed by atoms with Crippen LogP contribution in [0.2, 0.25) is 0 Å². The standard InChI is InChI=1S/C10H22.C6H12/c1-4-6-7-8-9-10(3)5-2;1-6-4-2-3-5-6/h10H,4-9H2,1-3H3;6H,2-5H2,1H3. The molecule has 0 spiro atoms. The first-order valence-electron chi connectivity index (χ1n) is 7.70. The maximum Gasteiger partial charge on any atom is -0.0443 e. The molecule has 0 N–H and O–H groups in total. The van der Waals surface area contributed by atoms with Crippen molar-refractivity contribution in [3.63, 3.8) is 0 Å². The first-order chi connectivity index (χ1) is 7.70. The van der Waals surface area contributed by atoms with E-state index in [9.17, 15) is 0 Å². The minimum atomic E-state index is 0.955. The summed E-state index contributed by atoms with van der Waals surface area (Å²) in [7, 11) is 0. The predicted molar refractivity (Wildman–Crippen MR) is 75.8 cm³/mol. The van der Waals surface area contributed by atoms with Crippen LogP contribution in [0.25, 0.3) is 0 Å². The topological polar surface area (TPSA) is 0 Å². The van der Waals surface area contributed by atoms with Crippen LogP contribution >= 0.6 is 0 Å². The lowest BCUT2D eigenvalue weighted by Crippen LogP contribution is -1.91. The second kappa shape index (κ2) is 11.5. The van der Waals surface area contributed by atoms with Gasteiger partial charge in [-0.25, -0.2) is 0 Å². The number of unbranched alkanes of at least 4 members (excludes halogenated alkanes) is 3. The van der Waals surface area contributed by atoms with Crippen LogP contribution < -0.4 is 0 Å². The molecular formula is C16H34. The normalized spacial score (nSPS) is 18.0. The molecular weight excluding hydrogens is 192 g/mol. The third kappa shape index (κ3) is 10.5. The highest BCUT2D eigenvalue weighted by atomic mass is 14.1. The highest BCUT2D eigenvalue weighted by Crippen LogP contribution is 2.22. The predicted octanol–water partition coefficient (Wildman–Crippen LogP) is 6.20. The molecule has 0 aliphatic heterocycles. The van der Waals surface area contributed by atoms with Crippen molar-refractivity contribution < 1.29 is 0 Å². The Hall–Kier alpha value is 0. The smallest absolute Gasteiger partial charge is 0.0443 e. The van der Waals surface area contributed by atoms with E-state index >= 15 is 0 Å². The van der Waals surface area contributed by atoms with Crippen LogP contribution in [-0.4, -0.2) is 0 Å². The van der Waals surface area contributed by atoms with Gasteiger partial charge in [-0.15, -0.1) is 0 Å². The minimum absolute atomic E-state index is 0.955. The number of hydrogen-bond acceptors (Lipinski definition) is 0. The molecule has 1 aliphatic carbocycles. The van der Waals surface area contributed by atoms with Crippen molar-refractivity contribution in [2.24, 2.45) is 11.8 Å². The van der Waals surface area contributed by atoms with Crippen molar-refractivity contribution in [1.82, 2.24) is 0 Å². The maximum absolute atomic E-state index is 2.35. The van der Waals surface area contributed by atoms with Gasteiger partial charge < -0.3 is 0 Å². The summed E-state index contributed by atoms with van der Waals surface area (Å²) in [6.45, 7) is 9.24. The average Bonchev–Trinajstić information content (AvgIpc) is 2.76. The molecule has 1 rings (SSSR count). The molecule has 0 aromatic rings. The van der Waals surface area contributed by atoms with E-state index in [4.69, 9.17) is 0 Å². The summed E-state index contributed by atoms with van der Waals surface area (Å²) in [6.07, 6.45) is 14.4. The van der Waals surface area contributed by atoms with Gasteiger partial charge in [0, 0.05) is 0 Å². The van der Waals surface area contributed by atoms with Crippen molar-refractivity contribution in [3.8, 4) is 0 Å². The Kier molecular flexibility index (Phi) is 11.5. The van der Waals surface area contributed by atoms with E-state index in [1.807, 2.05) is 0 Å². The molecule has 1 unspecified atom stereocenters. The van der Waals surface area contributed by atoms with Crippen molar-refractivity contribution in [3.05, 3.63) is 0 Å². The lowest BCUT2D eigenvalue weighted by Gasteiger charge is -2.06. The van der Waals surface area contributed by atoms with Crippen molar-refractivity contribution in [2.45, 2.75) is 91.9 Å². The summed E-state index contributed by atoms with van der Waals surface area (Å²) in [5, 5.41) is 0. The molecule has 98 valence electrons. The van der Waals surface area contributed by atoms with Gasteiger partial charge in [0.05, 0.1) is 0 Å². The molecule has 0 bridgehead atoms. The lowest BCUT2D eigenvalue weighted by atomic mass is 10.0. The van der Waals surface area contributed by atoms with Gasteiger partial charge >= 0.3 is 0 Å². The molecule has 1 fully saturated rings. The lowest BCUT2D eigenvalue weighted by molar-refractivity contribution is 0.477. The van der Waals surface area contributed by atoms with Gasteiger partial charge in [0.1, 0.15) is 0 Å². The Morgan fingerprint density at radius 2 is 1.62 bits per heavy atom. The molecule has 0 saturated heterocycles. The SMILES string of the molecule is CC1CCCC1.CCCCCCC(C)CC. The fraction of sp³-hybridized carbons (Fsp3) is 1.00. The summed E-state index contributed by atoms with van der Waals surface area (Å²) in [4.78, 5) is 0. The zero-order chi connectivity index (χ0) is 12.2. The second-order valence-corrected chi connectivity index (χ2v) is 5.75. The van der Waals surface area contributed by atoms with E-state index in [-0.39, 0.29) is 0 Å². The van der Waals surface area contributed by atoms with Crippen molar-refractivity contribution >= 4 is 0 Å². The molecule has 0 aromatic heterocycles. The zero-order valence-corrected chi connectivity index (χ0v) is 12.2. The number of hydrogen-bond donors (Lipinski definition) is 0. The van der Waals surface area contributed by atoms with Crippen molar-refractivity contribution in [2.75, 3.05) is 0 Å². The van der Waals surface area contributed by atoms with Crippen LogP contribution in [0.15, 0.2) is 0 Å². The zero-order valence-electron chi connectivity index (χ0n) is 12.2. The van der Waals surface area contributed by atoms with Gasteiger partial charge in [-0.2, -0.15) is 0 Å². The number of rotatable bonds is 6. The third-order valence-corrected chi connectivity index (χ3v) is 3.89. The van der Waals surface area contributed by atoms with Gasteiger partial charge in [0.25, 0.3) is 0 Å². The van der Waals surface area contributed by atoms with Crippen LogP contribution in [0.3, 0.4) is 0 Å². The first-order valence-corrected chi connectivity index (χ1v) is 7.70. The molecule has 0 heterocycles. The van der Waals surface area contributed by atoms with E-state index in [1.54, 1.807) is 0 Å². The molecule has 0 radical (unpaired) electrons. The van der Waals surface area contributed by atoms with E-state index in [1.165, 1.54) is 64.2 Å². The molecule has 0 heteroatoms. The molecule has 1 aliphatic rings. The minimum Gasteiger partial charge on any atom is -0.0654 e. The molecule has 16 heavy (non-hydrogen) atoms. The summed E-state index contributed by atoms with van der Waals surface area (Å²) < 4.78 is 0. The summed E-state index contributed by atoms with van der Waals surface area (Å²) in [5.74, 6) is 2.00. The Balaban J connectivity index is 0.000000315. The Morgan fingerprint density at radius 3 is 2.00 bits per heavy atom. The van der Waals surface area contributed by atoms with Crippen LogP contribution in [0.4, 0.5) is 0 Å². The van der Waals surface area contributed by atoms with Crippen LogP contribution in [0.5, 0.6) is 0 Å². The van der Waals surface area contributed by atoms with Gasteiger partial charge in [0.15, 0.2) is 0 Å². The van der Waals surface area contributed by atoms with Crippen LogP contribution in [0, 0.1) is 11.8 Å². The highest BCUT2D eigenvalue weighted by Gasteiger charge is 2.07. The van der Waals surface area contributed by atoms with E-state index < -0.39 is 0 Å². The molecule has 1 atom stereocenters. The van der Waals surface area contributed by atoms with E-state index in [2.05, 4.69) is 27.7 Å². The highest BCUT2D eigenvalue weighted by molar-refractivity contribution is 4.60. The average molecular weight is 226 g/mol. The summed E-state index contributed by atoms with van der Waals surface area (Å²) >= 11 is 0. The monoisotopic (exact) mass is 226 g/mol. The Bertz CT molecular complexity index is 122. The molecule has 0 aromatic carbocycles. The molecule has 1 saturated carbocycles. The fourth-order valence-corrected chi connectivity index (χ4v) is 2.25. The molecule has 0 amide bonds. The second-order valence-electron chi connectivity index (χ2n) is 5.75. The summed E-state index contributed by atoms with van der Waals surface area (Å²) in [6, 6.07) is 0. The molecule has 0 nitrogen and oxygen atoms in total. The van der Waals surface area contributed by atoms with Gasteiger partial charge in [0.2, 0.25) is 0 Å². The fourth-order valence-electron chi connectivity index (χ4n) is 2.25. The first kappa shape index (κ1) is 16.0. The van der Waals surface area contributed by atoms with Gasteiger partial charge in [-0.1, -0.05) is 91.9 Å². The van der Waals surface area contributed by atoms with E-state index in [0.29, 0.717) is 0 Å². The quantitative estimate of drug-likeness (QED) is 0.473. The Morgan fingerprint density at radius 1 is 1.00 bits per heavy atom. The Labute approximate surface area is 104 Å². The van der Waals surface area contributed by atoms with Crippen LogP contribution in [-0.2, 0) is 0 Å². The summed E-state index contributed by atoms with van der Waals surface area (Å²) in [5.41, 5.74) is 0. The van der Waals surface area contributed by atoms with Crippen molar-refractivity contribution in [1.29, 1.82) is 0 Å². The third-order valence-electron chi connectivity index (χ3n) is 3.89. The van der Waals surface area contributed by atoms with Gasteiger partial charge in [-0.3, -0.25) is 0 Å². The maximum atomic E-state index is 2.35. The van der Waals surface area contributed by atoms with Crippen LogP contribution in [0.1, 0.15) is 91.9 Å². The van der Waals surface area contributed by atoms with Gasteiger partial charge in [-0.05, 0) is 11.8 Å².